The van der Waals surface area contributed by atoms with Crippen molar-refractivity contribution in [3.63, 3.8) is 0 Å². The Balaban J connectivity index is 2.17. The fourth-order valence-corrected chi connectivity index (χ4v) is 1.81. The maximum atomic E-state index is 10.2. The Labute approximate surface area is 122 Å². The zero-order valence-electron chi connectivity index (χ0n) is 11.4. The van der Waals surface area contributed by atoms with Crippen LogP contribution >= 0.6 is 11.6 Å². The van der Waals surface area contributed by atoms with Crippen molar-refractivity contribution in [2.75, 3.05) is 11.9 Å². The van der Waals surface area contributed by atoms with Gasteiger partial charge >= 0.3 is 0 Å². The Hall–Kier alpha value is -1.73. The highest BCUT2D eigenvalue weighted by molar-refractivity contribution is 6.28. The lowest BCUT2D eigenvalue weighted by Crippen LogP contribution is -2.35. The minimum atomic E-state index is -0.787. The lowest BCUT2D eigenvalue weighted by atomic mass is 9.98. The molecule has 20 heavy (non-hydrogen) atoms. The van der Waals surface area contributed by atoms with Crippen molar-refractivity contribution in [2.24, 2.45) is 0 Å². The second-order valence-corrected chi connectivity index (χ2v) is 4.80. The molecule has 0 radical (unpaired) electrons. The second kappa shape index (κ2) is 6.15. The van der Waals surface area contributed by atoms with E-state index >= 15 is 0 Å². The molecule has 0 saturated carbocycles. The molecule has 108 valence electrons. The van der Waals surface area contributed by atoms with E-state index in [-0.39, 0.29) is 5.28 Å². The molecule has 2 heterocycles. The van der Waals surface area contributed by atoms with E-state index in [1.54, 1.807) is 18.5 Å². The molecular formula is C12H17ClN6O. The van der Waals surface area contributed by atoms with Gasteiger partial charge in [0.15, 0.2) is 0 Å². The average molecular weight is 297 g/mol. The van der Waals surface area contributed by atoms with Crippen molar-refractivity contribution in [1.29, 1.82) is 0 Å². The molecular weight excluding hydrogens is 280 g/mol. The minimum absolute atomic E-state index is 0.0736. The maximum absolute atomic E-state index is 10.2. The first-order chi connectivity index (χ1) is 9.56. The molecule has 0 aliphatic heterocycles. The van der Waals surface area contributed by atoms with Crippen LogP contribution in [0.15, 0.2) is 18.5 Å². The number of nitrogens with zero attached hydrogens (tertiary/aromatic N) is 5. The van der Waals surface area contributed by atoms with Crippen LogP contribution in [0.4, 0.5) is 5.95 Å². The molecule has 0 bridgehead atoms. The molecule has 7 nitrogen and oxygen atoms in total. The van der Waals surface area contributed by atoms with Crippen LogP contribution in [0, 0.1) is 0 Å². The van der Waals surface area contributed by atoms with Gasteiger partial charge in [-0.15, -0.1) is 0 Å². The fourth-order valence-electron chi connectivity index (χ4n) is 1.65. The zero-order valence-corrected chi connectivity index (χ0v) is 12.2. The monoisotopic (exact) mass is 296 g/mol. The van der Waals surface area contributed by atoms with Crippen LogP contribution in [-0.4, -0.2) is 42.0 Å². The summed E-state index contributed by atoms with van der Waals surface area (Å²) in [5, 5.41) is 17.3. The standard InChI is InChI=1S/C12H17ClN6O/c1-3-12(20,4-2)8-14-10-16-9(13)17-11(18-10)19-7-5-6-15-19/h5-7,20H,3-4,8H2,1-2H3,(H,14,16,17,18). The van der Waals surface area contributed by atoms with Gasteiger partial charge < -0.3 is 10.4 Å². The Bertz CT molecular complexity index is 555. The summed E-state index contributed by atoms with van der Waals surface area (Å²) in [7, 11) is 0. The van der Waals surface area contributed by atoms with E-state index in [2.05, 4.69) is 25.4 Å². The number of aromatic nitrogens is 5. The van der Waals surface area contributed by atoms with Gasteiger partial charge in [0.25, 0.3) is 5.95 Å². The van der Waals surface area contributed by atoms with E-state index < -0.39 is 5.60 Å². The van der Waals surface area contributed by atoms with Gasteiger partial charge in [0.05, 0.1) is 5.60 Å². The van der Waals surface area contributed by atoms with Crippen LogP contribution in [0.5, 0.6) is 0 Å². The minimum Gasteiger partial charge on any atom is -0.388 e. The molecule has 0 fully saturated rings. The number of anilines is 1. The number of hydrogen-bond donors (Lipinski definition) is 2. The van der Waals surface area contributed by atoms with E-state index in [1.807, 2.05) is 13.8 Å². The molecule has 0 aliphatic rings. The summed E-state index contributed by atoms with van der Waals surface area (Å²) in [6.07, 6.45) is 4.62. The van der Waals surface area contributed by atoms with Crippen LogP contribution < -0.4 is 5.32 Å². The smallest absolute Gasteiger partial charge is 0.256 e. The van der Waals surface area contributed by atoms with E-state index in [0.29, 0.717) is 31.3 Å². The SMILES string of the molecule is CCC(O)(CC)CNc1nc(Cl)nc(-n2cccn2)n1. The number of aliphatic hydroxyl groups is 1. The summed E-state index contributed by atoms with van der Waals surface area (Å²) in [6, 6.07) is 1.76. The molecule has 2 rings (SSSR count). The summed E-state index contributed by atoms with van der Waals surface area (Å²) in [4.78, 5) is 12.2. The Morgan fingerprint density at radius 3 is 2.65 bits per heavy atom. The summed E-state index contributed by atoms with van der Waals surface area (Å²) < 4.78 is 1.49. The predicted molar refractivity (Wildman–Crippen MR) is 76.0 cm³/mol. The molecule has 0 aliphatic carbocycles. The molecule has 2 aromatic rings. The van der Waals surface area contributed by atoms with Crippen molar-refractivity contribution < 1.29 is 5.11 Å². The van der Waals surface area contributed by atoms with Gasteiger partial charge in [0.2, 0.25) is 11.2 Å². The van der Waals surface area contributed by atoms with E-state index in [4.69, 9.17) is 11.6 Å². The van der Waals surface area contributed by atoms with Gasteiger partial charge in [-0.3, -0.25) is 0 Å². The van der Waals surface area contributed by atoms with Crippen LogP contribution in [0.3, 0.4) is 0 Å². The number of hydrogen-bond acceptors (Lipinski definition) is 6. The first kappa shape index (κ1) is 14.7. The van der Waals surface area contributed by atoms with Crippen molar-refractivity contribution in [2.45, 2.75) is 32.3 Å². The van der Waals surface area contributed by atoms with Gasteiger partial charge in [0.1, 0.15) is 0 Å². The zero-order chi connectivity index (χ0) is 14.6. The largest absolute Gasteiger partial charge is 0.388 e. The quantitative estimate of drug-likeness (QED) is 0.843. The normalized spacial score (nSPS) is 11.6. The molecule has 0 saturated heterocycles. The van der Waals surface area contributed by atoms with Gasteiger partial charge in [0, 0.05) is 18.9 Å². The average Bonchev–Trinajstić information content (AvgIpc) is 2.98. The third kappa shape index (κ3) is 3.43. The van der Waals surface area contributed by atoms with Crippen molar-refractivity contribution in [3.8, 4) is 5.95 Å². The molecule has 2 aromatic heterocycles. The highest BCUT2D eigenvalue weighted by Crippen LogP contribution is 2.16. The number of nitrogens with one attached hydrogen (secondary N) is 1. The number of rotatable bonds is 6. The summed E-state index contributed by atoms with van der Waals surface area (Å²) in [5.41, 5.74) is -0.787. The summed E-state index contributed by atoms with van der Waals surface area (Å²) in [6.45, 7) is 4.21. The first-order valence-corrected chi connectivity index (χ1v) is 6.82. The highest BCUT2D eigenvalue weighted by Gasteiger charge is 2.22. The Kier molecular flexibility index (Phi) is 4.51. The Morgan fingerprint density at radius 2 is 2.05 bits per heavy atom. The first-order valence-electron chi connectivity index (χ1n) is 6.44. The third-order valence-corrected chi connectivity index (χ3v) is 3.37. The molecule has 0 spiro atoms. The molecule has 0 aromatic carbocycles. The molecule has 8 heteroatoms. The topological polar surface area (TPSA) is 88.8 Å². The third-order valence-electron chi connectivity index (χ3n) is 3.20. The maximum Gasteiger partial charge on any atom is 0.256 e. The van der Waals surface area contributed by atoms with E-state index in [1.165, 1.54) is 4.68 Å². The Morgan fingerprint density at radius 1 is 1.30 bits per heavy atom. The van der Waals surface area contributed by atoms with Gasteiger partial charge in [-0.05, 0) is 30.5 Å². The highest BCUT2D eigenvalue weighted by atomic mass is 35.5. The van der Waals surface area contributed by atoms with E-state index in [9.17, 15) is 5.11 Å². The van der Waals surface area contributed by atoms with Crippen molar-refractivity contribution in [3.05, 3.63) is 23.7 Å². The van der Waals surface area contributed by atoms with Gasteiger partial charge in [-0.1, -0.05) is 13.8 Å². The summed E-state index contributed by atoms with van der Waals surface area (Å²) >= 11 is 5.88. The van der Waals surface area contributed by atoms with Crippen LogP contribution in [0.1, 0.15) is 26.7 Å². The van der Waals surface area contributed by atoms with Crippen LogP contribution in [0.25, 0.3) is 5.95 Å². The molecule has 0 amide bonds. The van der Waals surface area contributed by atoms with Crippen molar-refractivity contribution in [1.82, 2.24) is 24.7 Å². The van der Waals surface area contributed by atoms with Gasteiger partial charge in [-0.2, -0.15) is 20.1 Å². The van der Waals surface area contributed by atoms with Crippen molar-refractivity contribution >= 4 is 17.5 Å². The van der Waals surface area contributed by atoms with E-state index in [0.717, 1.165) is 0 Å². The molecule has 0 atom stereocenters. The molecule has 0 unspecified atom stereocenters. The summed E-state index contributed by atoms with van der Waals surface area (Å²) in [5.74, 6) is 0.643. The lowest BCUT2D eigenvalue weighted by Gasteiger charge is -2.25. The lowest BCUT2D eigenvalue weighted by molar-refractivity contribution is 0.0455. The fraction of sp³-hybridized carbons (Fsp3) is 0.500. The number of halogens is 1. The van der Waals surface area contributed by atoms with Crippen LogP contribution in [-0.2, 0) is 0 Å². The van der Waals surface area contributed by atoms with Crippen LogP contribution in [0.2, 0.25) is 5.28 Å². The molecule has 2 N–H and O–H groups in total. The second-order valence-electron chi connectivity index (χ2n) is 4.46. The van der Waals surface area contributed by atoms with Gasteiger partial charge in [-0.25, -0.2) is 4.68 Å². The predicted octanol–water partition coefficient (Wildman–Crippen LogP) is 1.67.